The number of carboxylic acids is 1. The lowest BCUT2D eigenvalue weighted by Crippen LogP contribution is -2.57. The molecule has 14 N–H and O–H groups in total. The average molecular weight is 544 g/mol. The predicted molar refractivity (Wildman–Crippen MR) is 138 cm³/mol. The van der Waals surface area contributed by atoms with E-state index in [0.717, 1.165) is 0 Å². The number of hydrogen-bond acceptors (Lipinski definition) is 8. The number of aliphatic imine (C=N–C) groups is 1. The van der Waals surface area contributed by atoms with Crippen LogP contribution in [0.5, 0.6) is 0 Å². The highest BCUT2D eigenvalue weighted by molar-refractivity contribution is 5.94. The Morgan fingerprint density at radius 2 is 1.24 bits per heavy atom. The maximum absolute atomic E-state index is 13.1. The van der Waals surface area contributed by atoms with E-state index in [0.29, 0.717) is 0 Å². The van der Waals surface area contributed by atoms with E-state index in [2.05, 4.69) is 20.9 Å². The number of nitrogens with one attached hydrogen (secondary N) is 3. The lowest BCUT2D eigenvalue weighted by molar-refractivity contribution is -0.142. The lowest BCUT2D eigenvalue weighted by Gasteiger charge is -2.26. The first-order valence-electron chi connectivity index (χ1n) is 12.1. The zero-order valence-electron chi connectivity index (χ0n) is 21.8. The molecule has 16 nitrogen and oxygen atoms in total. The summed E-state index contributed by atoms with van der Waals surface area (Å²) in [6, 6.07) is -4.86. The van der Waals surface area contributed by atoms with Crippen molar-refractivity contribution in [2.24, 2.45) is 39.6 Å². The van der Waals surface area contributed by atoms with Crippen molar-refractivity contribution >= 4 is 41.5 Å². The van der Waals surface area contributed by atoms with E-state index >= 15 is 0 Å². The summed E-state index contributed by atoms with van der Waals surface area (Å²) < 4.78 is 0. The minimum atomic E-state index is -1.33. The molecule has 5 amide bonds. The molecule has 0 fully saturated rings. The fraction of sp³-hybridized carbons (Fsp3) is 0.682. The maximum Gasteiger partial charge on any atom is 0.326 e. The zero-order chi connectivity index (χ0) is 29.4. The molecule has 0 aromatic heterocycles. The van der Waals surface area contributed by atoms with Gasteiger partial charge in [-0.15, -0.1) is 0 Å². The molecule has 4 unspecified atom stereocenters. The molecule has 0 heterocycles. The van der Waals surface area contributed by atoms with Crippen molar-refractivity contribution in [3.05, 3.63) is 0 Å². The van der Waals surface area contributed by atoms with Gasteiger partial charge >= 0.3 is 5.97 Å². The zero-order valence-corrected chi connectivity index (χ0v) is 21.8. The summed E-state index contributed by atoms with van der Waals surface area (Å²) in [5.74, 6) is -5.23. The molecular weight excluding hydrogens is 502 g/mol. The van der Waals surface area contributed by atoms with Crippen LogP contribution in [0.1, 0.15) is 58.8 Å². The second kappa shape index (κ2) is 17.5. The quantitative estimate of drug-likeness (QED) is 0.0439. The molecule has 0 saturated heterocycles. The van der Waals surface area contributed by atoms with Gasteiger partial charge in [-0.3, -0.25) is 29.0 Å². The van der Waals surface area contributed by atoms with Gasteiger partial charge in [0.15, 0.2) is 5.96 Å². The maximum atomic E-state index is 13.1. The third-order valence-corrected chi connectivity index (χ3v) is 5.25. The van der Waals surface area contributed by atoms with E-state index < -0.39 is 59.7 Å². The molecule has 0 radical (unpaired) electrons. The highest BCUT2D eigenvalue weighted by Crippen LogP contribution is 2.09. The highest BCUT2D eigenvalue weighted by atomic mass is 16.4. The van der Waals surface area contributed by atoms with Gasteiger partial charge in [0, 0.05) is 19.4 Å². The van der Waals surface area contributed by atoms with Crippen LogP contribution in [0, 0.1) is 5.92 Å². The number of amides is 5. The van der Waals surface area contributed by atoms with Crippen LogP contribution in [0.4, 0.5) is 0 Å². The van der Waals surface area contributed by atoms with E-state index in [-0.39, 0.29) is 63.4 Å². The van der Waals surface area contributed by atoms with E-state index in [4.69, 9.17) is 28.7 Å². The largest absolute Gasteiger partial charge is 0.480 e. The van der Waals surface area contributed by atoms with Crippen LogP contribution in [-0.4, -0.2) is 77.3 Å². The number of carbonyl (C=O) groups excluding carboxylic acids is 5. The van der Waals surface area contributed by atoms with Gasteiger partial charge in [-0.05, 0) is 38.0 Å². The van der Waals surface area contributed by atoms with Gasteiger partial charge in [0.2, 0.25) is 29.5 Å². The highest BCUT2D eigenvalue weighted by Gasteiger charge is 2.30. The summed E-state index contributed by atoms with van der Waals surface area (Å²) in [5.41, 5.74) is 26.5. The van der Waals surface area contributed by atoms with Gasteiger partial charge in [0.05, 0.1) is 6.04 Å². The molecule has 0 aliphatic heterocycles. The minimum absolute atomic E-state index is 0.0104. The van der Waals surface area contributed by atoms with Gasteiger partial charge in [-0.1, -0.05) is 13.8 Å². The molecule has 216 valence electrons. The molecule has 0 aliphatic carbocycles. The summed E-state index contributed by atoms with van der Waals surface area (Å²) in [6.45, 7) is 3.75. The molecule has 16 heteroatoms. The molecule has 0 aromatic rings. The van der Waals surface area contributed by atoms with Gasteiger partial charge in [0.25, 0.3) is 0 Å². The molecule has 0 aromatic carbocycles. The van der Waals surface area contributed by atoms with E-state index in [1.807, 2.05) is 0 Å². The lowest BCUT2D eigenvalue weighted by atomic mass is 10.0. The Bertz CT molecular complexity index is 875. The van der Waals surface area contributed by atoms with Gasteiger partial charge in [-0.25, -0.2) is 4.79 Å². The molecule has 0 bridgehead atoms. The van der Waals surface area contributed by atoms with Crippen LogP contribution in [0.3, 0.4) is 0 Å². The number of carbonyl (C=O) groups is 6. The van der Waals surface area contributed by atoms with Crippen LogP contribution < -0.4 is 44.6 Å². The van der Waals surface area contributed by atoms with Crippen molar-refractivity contribution in [2.75, 3.05) is 6.54 Å². The Hall–Kier alpha value is -3.95. The van der Waals surface area contributed by atoms with Crippen molar-refractivity contribution in [3.63, 3.8) is 0 Å². The summed E-state index contributed by atoms with van der Waals surface area (Å²) in [7, 11) is 0. The van der Waals surface area contributed by atoms with Crippen LogP contribution in [0.25, 0.3) is 0 Å². The number of guanidine groups is 1. The standard InChI is InChI=1S/C22H41N9O7/c1-11(2)10-15(31-18(34)12(23)5-7-16(24)32)20(36)29-13(6-8-17(25)33)19(35)30-14(21(37)38)4-3-9-28-22(26)27/h11-15H,3-10,23H2,1-2H3,(H2,24,32)(H2,25,33)(H,29,36)(H,30,35)(H,31,34)(H,37,38)(H4,26,27,28). The topological polar surface area (TPSA) is 301 Å². The fourth-order valence-electron chi connectivity index (χ4n) is 3.27. The van der Waals surface area contributed by atoms with Crippen LogP contribution in [0.15, 0.2) is 4.99 Å². The molecular formula is C22H41N9O7. The Labute approximate surface area is 220 Å². The Balaban J connectivity index is 5.54. The van der Waals surface area contributed by atoms with E-state index in [1.54, 1.807) is 13.8 Å². The van der Waals surface area contributed by atoms with Crippen molar-refractivity contribution in [3.8, 4) is 0 Å². The fourth-order valence-corrected chi connectivity index (χ4v) is 3.27. The summed E-state index contributed by atoms with van der Waals surface area (Å²) >= 11 is 0. The number of aliphatic carboxylic acids is 1. The Morgan fingerprint density at radius 3 is 1.74 bits per heavy atom. The van der Waals surface area contributed by atoms with Crippen molar-refractivity contribution < 1.29 is 33.9 Å². The summed E-state index contributed by atoms with van der Waals surface area (Å²) in [5, 5.41) is 16.8. The van der Waals surface area contributed by atoms with Crippen LogP contribution in [-0.2, 0) is 28.8 Å². The normalized spacial score (nSPS) is 13.9. The van der Waals surface area contributed by atoms with Crippen molar-refractivity contribution in [1.82, 2.24) is 16.0 Å². The Morgan fingerprint density at radius 1 is 0.737 bits per heavy atom. The first-order valence-corrected chi connectivity index (χ1v) is 12.1. The number of hydrogen-bond donors (Lipinski definition) is 9. The molecule has 0 saturated carbocycles. The molecule has 38 heavy (non-hydrogen) atoms. The first kappa shape index (κ1) is 34.0. The minimum Gasteiger partial charge on any atom is -0.480 e. The third-order valence-electron chi connectivity index (χ3n) is 5.25. The first-order chi connectivity index (χ1) is 17.6. The molecule has 0 rings (SSSR count). The monoisotopic (exact) mass is 543 g/mol. The number of rotatable bonds is 19. The number of nitrogens with zero attached hydrogens (tertiary/aromatic N) is 1. The summed E-state index contributed by atoms with van der Waals surface area (Å²) in [6.07, 6.45) is -0.238. The van der Waals surface area contributed by atoms with Gasteiger partial charge < -0.3 is 49.7 Å². The number of nitrogens with two attached hydrogens (primary N) is 5. The van der Waals surface area contributed by atoms with Crippen molar-refractivity contribution in [1.29, 1.82) is 0 Å². The van der Waals surface area contributed by atoms with Gasteiger partial charge in [0.1, 0.15) is 18.1 Å². The second-order valence-corrected chi connectivity index (χ2v) is 9.22. The third kappa shape index (κ3) is 15.2. The molecule has 0 aliphatic rings. The smallest absolute Gasteiger partial charge is 0.326 e. The summed E-state index contributed by atoms with van der Waals surface area (Å²) in [4.78, 5) is 76.1. The van der Waals surface area contributed by atoms with Crippen molar-refractivity contribution in [2.45, 2.75) is 83.0 Å². The molecule has 0 spiro atoms. The van der Waals surface area contributed by atoms with E-state index in [9.17, 15) is 33.9 Å². The van der Waals surface area contributed by atoms with Gasteiger partial charge in [-0.2, -0.15) is 0 Å². The number of primary amides is 2. The van der Waals surface area contributed by atoms with E-state index in [1.165, 1.54) is 0 Å². The van der Waals surface area contributed by atoms with Crippen LogP contribution >= 0.6 is 0 Å². The predicted octanol–water partition coefficient (Wildman–Crippen LogP) is -3.52. The average Bonchev–Trinajstić information content (AvgIpc) is 2.80. The second-order valence-electron chi connectivity index (χ2n) is 9.22. The van der Waals surface area contributed by atoms with Crippen LogP contribution in [0.2, 0.25) is 0 Å². The SMILES string of the molecule is CC(C)CC(NC(=O)C(N)CCC(N)=O)C(=O)NC(CCC(N)=O)C(=O)NC(CCCN=C(N)N)C(=O)O. The number of carboxylic acid groups (broad SMARTS) is 1. The molecule has 4 atom stereocenters. The Kier molecular flexibility index (Phi) is 15.7.